The molecule has 0 saturated carbocycles. The normalized spacial score (nSPS) is 16.0. The van der Waals surface area contributed by atoms with Crippen molar-refractivity contribution in [1.82, 2.24) is 15.1 Å². The Morgan fingerprint density at radius 2 is 1.92 bits per heavy atom. The second-order valence-electron chi connectivity index (χ2n) is 7.25. The predicted molar refractivity (Wildman–Crippen MR) is 104 cm³/mol. The lowest BCUT2D eigenvalue weighted by Gasteiger charge is -2.32. The van der Waals surface area contributed by atoms with Gasteiger partial charge in [-0.05, 0) is 44.5 Å². The fourth-order valence-corrected chi connectivity index (χ4v) is 3.92. The van der Waals surface area contributed by atoms with Crippen LogP contribution in [0.2, 0.25) is 0 Å². The summed E-state index contributed by atoms with van der Waals surface area (Å²) in [7, 11) is 0. The number of piperidine rings is 1. The van der Waals surface area contributed by atoms with Gasteiger partial charge in [-0.1, -0.05) is 48.0 Å². The molecule has 0 atom stereocenters. The number of phenols is 1. The van der Waals surface area contributed by atoms with E-state index in [4.69, 9.17) is 0 Å². The van der Waals surface area contributed by atoms with E-state index >= 15 is 0 Å². The maximum Gasteiger partial charge on any atom is 0.120 e. The molecule has 2 heterocycles. The summed E-state index contributed by atoms with van der Waals surface area (Å²) in [6.07, 6.45) is 4.17. The Labute approximate surface area is 154 Å². The summed E-state index contributed by atoms with van der Waals surface area (Å²) < 4.78 is 0. The first-order valence-electron chi connectivity index (χ1n) is 9.30. The van der Waals surface area contributed by atoms with Crippen LogP contribution < -0.4 is 0 Å². The van der Waals surface area contributed by atoms with E-state index in [2.05, 4.69) is 46.3 Å². The van der Waals surface area contributed by atoms with Crippen LogP contribution in [0.25, 0.3) is 11.1 Å². The Balaban J connectivity index is 1.44. The number of aryl methyl sites for hydroxylation is 1. The van der Waals surface area contributed by atoms with Gasteiger partial charge in [-0.25, -0.2) is 0 Å². The Hall–Kier alpha value is -2.59. The van der Waals surface area contributed by atoms with Crippen molar-refractivity contribution in [2.24, 2.45) is 0 Å². The number of phenolic OH excluding ortho intramolecular Hbond substituents is 1. The highest BCUT2D eigenvalue weighted by Crippen LogP contribution is 2.34. The van der Waals surface area contributed by atoms with E-state index in [0.717, 1.165) is 38.0 Å². The largest absolute Gasteiger partial charge is 0.508 e. The molecule has 0 bridgehead atoms. The van der Waals surface area contributed by atoms with Gasteiger partial charge in [0.15, 0.2) is 0 Å². The SMILES string of the molecule is Cc1cccc(-c2cn[nH]c2C2CCN(Cc3ccccc3O)CC2)c1. The second-order valence-corrected chi connectivity index (χ2v) is 7.25. The molecular weight excluding hydrogens is 322 g/mol. The molecule has 3 aromatic rings. The molecule has 0 radical (unpaired) electrons. The van der Waals surface area contributed by atoms with E-state index in [1.165, 1.54) is 22.4 Å². The standard InChI is InChI=1S/C22H25N3O/c1-16-5-4-7-18(13-16)20-14-23-24-22(20)17-9-11-25(12-10-17)15-19-6-2-3-8-21(19)26/h2-8,13-14,17,26H,9-12,15H2,1H3,(H,23,24). The Morgan fingerprint density at radius 1 is 1.12 bits per heavy atom. The van der Waals surface area contributed by atoms with Crippen molar-refractivity contribution < 1.29 is 5.11 Å². The average Bonchev–Trinajstić information content (AvgIpc) is 3.14. The van der Waals surface area contributed by atoms with E-state index in [-0.39, 0.29) is 0 Å². The van der Waals surface area contributed by atoms with Gasteiger partial charge < -0.3 is 5.11 Å². The molecule has 1 saturated heterocycles. The number of hydrogen-bond donors (Lipinski definition) is 2. The molecule has 1 aromatic heterocycles. The minimum Gasteiger partial charge on any atom is -0.508 e. The third-order valence-electron chi connectivity index (χ3n) is 5.38. The zero-order chi connectivity index (χ0) is 17.9. The van der Waals surface area contributed by atoms with Crippen LogP contribution >= 0.6 is 0 Å². The fourth-order valence-electron chi connectivity index (χ4n) is 3.92. The van der Waals surface area contributed by atoms with E-state index in [1.54, 1.807) is 6.07 Å². The van der Waals surface area contributed by atoms with Crippen LogP contribution in [-0.2, 0) is 6.54 Å². The third-order valence-corrected chi connectivity index (χ3v) is 5.38. The van der Waals surface area contributed by atoms with Gasteiger partial charge >= 0.3 is 0 Å². The first-order valence-corrected chi connectivity index (χ1v) is 9.30. The molecule has 4 heteroatoms. The predicted octanol–water partition coefficient (Wildman–Crippen LogP) is 4.47. The van der Waals surface area contributed by atoms with Crippen LogP contribution in [0.1, 0.15) is 35.6 Å². The molecule has 2 N–H and O–H groups in total. The highest BCUT2D eigenvalue weighted by atomic mass is 16.3. The van der Waals surface area contributed by atoms with Crippen molar-refractivity contribution in [2.75, 3.05) is 13.1 Å². The molecule has 2 aromatic carbocycles. The van der Waals surface area contributed by atoms with Crippen molar-refractivity contribution in [2.45, 2.75) is 32.2 Å². The minimum atomic E-state index is 0.393. The number of hydrogen-bond acceptors (Lipinski definition) is 3. The highest BCUT2D eigenvalue weighted by molar-refractivity contribution is 5.66. The van der Waals surface area contributed by atoms with Gasteiger partial charge in [0, 0.05) is 29.3 Å². The monoisotopic (exact) mass is 347 g/mol. The molecule has 0 unspecified atom stereocenters. The van der Waals surface area contributed by atoms with Crippen molar-refractivity contribution in [3.05, 3.63) is 71.5 Å². The number of likely N-dealkylation sites (tertiary alicyclic amines) is 1. The number of aromatic nitrogens is 2. The first kappa shape index (κ1) is 16.9. The topological polar surface area (TPSA) is 52.2 Å². The third kappa shape index (κ3) is 3.51. The molecule has 134 valence electrons. The van der Waals surface area contributed by atoms with Crippen molar-refractivity contribution in [3.8, 4) is 16.9 Å². The van der Waals surface area contributed by atoms with Crippen LogP contribution in [-0.4, -0.2) is 33.3 Å². The van der Waals surface area contributed by atoms with E-state index < -0.39 is 0 Å². The summed E-state index contributed by atoms with van der Waals surface area (Å²) in [5.74, 6) is 0.901. The van der Waals surface area contributed by atoms with Crippen molar-refractivity contribution in [1.29, 1.82) is 0 Å². The average molecular weight is 347 g/mol. The van der Waals surface area contributed by atoms with Crippen LogP contribution in [0, 0.1) is 6.92 Å². The molecule has 0 amide bonds. The van der Waals surface area contributed by atoms with Crippen molar-refractivity contribution >= 4 is 0 Å². The molecule has 4 nitrogen and oxygen atoms in total. The maximum atomic E-state index is 9.99. The number of aromatic hydroxyl groups is 1. The molecule has 4 rings (SSSR count). The van der Waals surface area contributed by atoms with Gasteiger partial charge in [-0.2, -0.15) is 5.10 Å². The van der Waals surface area contributed by atoms with E-state index in [0.29, 0.717) is 11.7 Å². The Morgan fingerprint density at radius 3 is 2.69 bits per heavy atom. The number of nitrogens with zero attached hydrogens (tertiary/aromatic N) is 2. The van der Waals surface area contributed by atoms with Gasteiger partial charge in [0.1, 0.15) is 5.75 Å². The van der Waals surface area contributed by atoms with E-state index in [9.17, 15) is 5.11 Å². The number of rotatable bonds is 4. The number of benzene rings is 2. The second kappa shape index (κ2) is 7.34. The zero-order valence-corrected chi connectivity index (χ0v) is 15.2. The fraction of sp³-hybridized carbons (Fsp3) is 0.318. The summed E-state index contributed by atoms with van der Waals surface area (Å²) >= 11 is 0. The molecule has 1 fully saturated rings. The maximum absolute atomic E-state index is 9.99. The highest BCUT2D eigenvalue weighted by Gasteiger charge is 2.24. The Kier molecular flexibility index (Phi) is 4.76. The zero-order valence-electron chi connectivity index (χ0n) is 15.2. The smallest absolute Gasteiger partial charge is 0.120 e. The number of H-pyrrole nitrogens is 1. The van der Waals surface area contributed by atoms with Crippen molar-refractivity contribution in [3.63, 3.8) is 0 Å². The van der Waals surface area contributed by atoms with Gasteiger partial charge in [0.25, 0.3) is 0 Å². The van der Waals surface area contributed by atoms with Crippen LogP contribution in [0.5, 0.6) is 5.75 Å². The van der Waals surface area contributed by atoms with Gasteiger partial charge in [-0.3, -0.25) is 10.00 Å². The first-order chi connectivity index (χ1) is 12.7. The van der Waals surface area contributed by atoms with Crippen LogP contribution in [0.4, 0.5) is 0 Å². The van der Waals surface area contributed by atoms with Gasteiger partial charge in [0.05, 0.1) is 6.20 Å². The number of para-hydroxylation sites is 1. The lowest BCUT2D eigenvalue weighted by molar-refractivity contribution is 0.201. The minimum absolute atomic E-state index is 0.393. The molecule has 1 aliphatic rings. The number of aromatic amines is 1. The summed E-state index contributed by atoms with van der Waals surface area (Å²) in [5, 5.41) is 17.6. The molecule has 26 heavy (non-hydrogen) atoms. The lowest BCUT2D eigenvalue weighted by atomic mass is 9.89. The van der Waals surface area contributed by atoms with Gasteiger partial charge in [0.2, 0.25) is 0 Å². The quantitative estimate of drug-likeness (QED) is 0.732. The summed E-state index contributed by atoms with van der Waals surface area (Å²) in [5.41, 5.74) is 6.01. The Bertz CT molecular complexity index is 878. The summed E-state index contributed by atoms with van der Waals surface area (Å²) in [4.78, 5) is 2.42. The summed E-state index contributed by atoms with van der Waals surface area (Å²) in [6, 6.07) is 16.2. The van der Waals surface area contributed by atoms with Crippen LogP contribution in [0.15, 0.2) is 54.7 Å². The summed E-state index contributed by atoms with van der Waals surface area (Å²) in [6.45, 7) is 5.00. The van der Waals surface area contributed by atoms with Gasteiger partial charge in [-0.15, -0.1) is 0 Å². The molecular formula is C22H25N3O. The number of nitrogens with one attached hydrogen (secondary N) is 1. The van der Waals surface area contributed by atoms with E-state index in [1.807, 2.05) is 24.4 Å². The molecule has 0 spiro atoms. The lowest BCUT2D eigenvalue weighted by Crippen LogP contribution is -2.32. The van der Waals surface area contributed by atoms with Crippen LogP contribution in [0.3, 0.4) is 0 Å². The molecule has 0 aliphatic carbocycles. The molecule has 1 aliphatic heterocycles.